The highest BCUT2D eigenvalue weighted by Crippen LogP contribution is 2.25. The first kappa shape index (κ1) is 17.9. The molecule has 6 nitrogen and oxygen atoms in total. The van der Waals surface area contributed by atoms with E-state index in [2.05, 4.69) is 4.72 Å². The molecule has 1 saturated heterocycles. The highest BCUT2D eigenvalue weighted by Gasteiger charge is 2.36. The molecule has 136 valence electrons. The zero-order valence-electron chi connectivity index (χ0n) is 14.6. The van der Waals surface area contributed by atoms with Crippen LogP contribution in [0, 0.1) is 5.92 Å². The molecule has 0 aromatic heterocycles. The van der Waals surface area contributed by atoms with Gasteiger partial charge in [-0.1, -0.05) is 19.9 Å². The Morgan fingerprint density at radius 3 is 2.60 bits per heavy atom. The molecule has 1 aromatic carbocycles. The lowest BCUT2D eigenvalue weighted by Crippen LogP contribution is -2.48. The van der Waals surface area contributed by atoms with Crippen molar-refractivity contribution in [3.63, 3.8) is 0 Å². The van der Waals surface area contributed by atoms with Gasteiger partial charge in [-0.3, -0.25) is 9.59 Å². The van der Waals surface area contributed by atoms with Crippen LogP contribution in [0.5, 0.6) is 0 Å². The van der Waals surface area contributed by atoms with Crippen LogP contribution in [0.1, 0.15) is 44.2 Å². The minimum atomic E-state index is -3.93. The average molecular weight is 364 g/mol. The summed E-state index contributed by atoms with van der Waals surface area (Å²) in [5.74, 6) is -0.957. The Hall–Kier alpha value is -1.89. The second-order valence-electron chi connectivity index (χ2n) is 7.10. The highest BCUT2D eigenvalue weighted by molar-refractivity contribution is 7.90. The number of nitrogens with one attached hydrogen (secondary N) is 1. The van der Waals surface area contributed by atoms with Crippen molar-refractivity contribution < 1.29 is 18.0 Å². The van der Waals surface area contributed by atoms with Crippen molar-refractivity contribution >= 4 is 21.8 Å². The van der Waals surface area contributed by atoms with E-state index in [1.54, 1.807) is 26.0 Å². The zero-order chi connectivity index (χ0) is 18.2. The molecular formula is C18H24N2O4S. The second-order valence-corrected chi connectivity index (χ2v) is 8.78. The second kappa shape index (κ2) is 6.78. The van der Waals surface area contributed by atoms with E-state index in [9.17, 15) is 18.0 Å². The fourth-order valence-corrected chi connectivity index (χ4v) is 4.67. The highest BCUT2D eigenvalue weighted by atomic mass is 32.2. The van der Waals surface area contributed by atoms with Crippen LogP contribution >= 0.6 is 0 Å². The Labute approximate surface area is 148 Å². The predicted octanol–water partition coefficient (Wildman–Crippen LogP) is 1.63. The topological polar surface area (TPSA) is 83.6 Å². The lowest BCUT2D eigenvalue weighted by atomic mass is 10.1. The monoisotopic (exact) mass is 364 g/mol. The summed E-state index contributed by atoms with van der Waals surface area (Å²) in [5.41, 5.74) is 2.21. The van der Waals surface area contributed by atoms with Crippen molar-refractivity contribution in [1.82, 2.24) is 9.62 Å². The van der Waals surface area contributed by atoms with E-state index < -0.39 is 22.0 Å². The summed E-state index contributed by atoms with van der Waals surface area (Å²) >= 11 is 0. The first-order valence-corrected chi connectivity index (χ1v) is 10.3. The Morgan fingerprint density at radius 1 is 1.16 bits per heavy atom. The maximum Gasteiger partial charge on any atom is 0.264 e. The van der Waals surface area contributed by atoms with Crippen molar-refractivity contribution in [2.45, 2.75) is 56.9 Å². The molecule has 2 amide bonds. The molecule has 1 heterocycles. The van der Waals surface area contributed by atoms with Gasteiger partial charge in [-0.2, -0.15) is 0 Å². The van der Waals surface area contributed by atoms with Gasteiger partial charge in [0.05, 0.1) is 4.90 Å². The van der Waals surface area contributed by atoms with Crippen LogP contribution in [0.2, 0.25) is 0 Å². The molecule has 1 atom stereocenters. The SMILES string of the molecule is CC(C)C(=O)N1CCCC1C(=O)NS(=O)(=O)c1ccc2c(c1)CCC2. The van der Waals surface area contributed by atoms with Gasteiger partial charge in [0.1, 0.15) is 6.04 Å². The molecule has 0 spiro atoms. The number of carbonyl (C=O) groups is 2. The maximum atomic E-state index is 12.6. The van der Waals surface area contributed by atoms with Gasteiger partial charge < -0.3 is 4.90 Å². The van der Waals surface area contributed by atoms with Crippen molar-refractivity contribution in [2.24, 2.45) is 5.92 Å². The van der Waals surface area contributed by atoms with E-state index in [4.69, 9.17) is 0 Å². The number of hydrogen-bond donors (Lipinski definition) is 1. The van der Waals surface area contributed by atoms with E-state index in [1.807, 2.05) is 6.07 Å². The van der Waals surface area contributed by atoms with Crippen molar-refractivity contribution in [1.29, 1.82) is 0 Å². The minimum absolute atomic E-state index is 0.112. The summed E-state index contributed by atoms with van der Waals surface area (Å²) in [6.45, 7) is 4.04. The Bertz CT molecular complexity index is 801. The zero-order valence-corrected chi connectivity index (χ0v) is 15.4. The molecule has 1 fully saturated rings. The molecule has 2 aliphatic rings. The molecule has 0 saturated carbocycles. The van der Waals surface area contributed by atoms with Crippen LogP contribution in [-0.2, 0) is 32.5 Å². The van der Waals surface area contributed by atoms with Gasteiger partial charge in [0.15, 0.2) is 0 Å². The summed E-state index contributed by atoms with van der Waals surface area (Å²) in [6.07, 6.45) is 4.06. The minimum Gasteiger partial charge on any atom is -0.330 e. The predicted molar refractivity (Wildman–Crippen MR) is 93.4 cm³/mol. The summed E-state index contributed by atoms with van der Waals surface area (Å²) in [6, 6.07) is 4.32. The number of fused-ring (bicyclic) bond motifs is 1. The standard InChI is InChI=1S/C18H24N2O4S/c1-12(2)18(22)20-10-4-7-16(20)17(21)19-25(23,24)15-9-8-13-5-3-6-14(13)11-15/h8-9,11-12,16H,3-7,10H2,1-2H3,(H,19,21). The van der Waals surface area contributed by atoms with Gasteiger partial charge in [-0.15, -0.1) is 0 Å². The molecule has 0 bridgehead atoms. The van der Waals surface area contributed by atoms with Crippen molar-refractivity contribution in [3.8, 4) is 0 Å². The summed E-state index contributed by atoms with van der Waals surface area (Å²) in [5, 5.41) is 0. The van der Waals surface area contributed by atoms with Crippen LogP contribution in [0.25, 0.3) is 0 Å². The van der Waals surface area contributed by atoms with Crippen LogP contribution in [-0.4, -0.2) is 37.7 Å². The number of sulfonamides is 1. The molecule has 1 aromatic rings. The number of rotatable bonds is 4. The van der Waals surface area contributed by atoms with Gasteiger partial charge in [0.25, 0.3) is 15.9 Å². The third-order valence-electron chi connectivity index (χ3n) is 4.95. The van der Waals surface area contributed by atoms with E-state index in [-0.39, 0.29) is 16.7 Å². The molecule has 1 aliphatic carbocycles. The molecule has 0 radical (unpaired) electrons. The number of nitrogens with zero attached hydrogens (tertiary/aromatic N) is 1. The maximum absolute atomic E-state index is 12.6. The van der Waals surface area contributed by atoms with Crippen LogP contribution < -0.4 is 4.72 Å². The largest absolute Gasteiger partial charge is 0.330 e. The Balaban J connectivity index is 1.76. The fourth-order valence-electron chi connectivity index (χ4n) is 3.61. The van der Waals surface area contributed by atoms with Gasteiger partial charge in [-0.05, 0) is 55.4 Å². The van der Waals surface area contributed by atoms with Gasteiger partial charge in [0.2, 0.25) is 5.91 Å². The van der Waals surface area contributed by atoms with Crippen LogP contribution in [0.3, 0.4) is 0 Å². The molecule has 3 rings (SSSR count). The van der Waals surface area contributed by atoms with E-state index >= 15 is 0 Å². The van der Waals surface area contributed by atoms with Crippen molar-refractivity contribution in [3.05, 3.63) is 29.3 Å². The fraction of sp³-hybridized carbons (Fsp3) is 0.556. The molecular weight excluding hydrogens is 340 g/mol. The number of likely N-dealkylation sites (tertiary alicyclic amines) is 1. The Morgan fingerprint density at radius 2 is 1.88 bits per heavy atom. The van der Waals surface area contributed by atoms with E-state index in [0.29, 0.717) is 19.4 Å². The number of benzene rings is 1. The molecule has 25 heavy (non-hydrogen) atoms. The van der Waals surface area contributed by atoms with Gasteiger partial charge in [-0.25, -0.2) is 13.1 Å². The molecule has 1 unspecified atom stereocenters. The normalized spacial score (nSPS) is 20.0. The third kappa shape index (κ3) is 3.56. The first-order valence-electron chi connectivity index (χ1n) is 8.78. The first-order chi connectivity index (χ1) is 11.8. The van der Waals surface area contributed by atoms with Crippen LogP contribution in [0.15, 0.2) is 23.1 Å². The number of hydrogen-bond acceptors (Lipinski definition) is 4. The van der Waals surface area contributed by atoms with Gasteiger partial charge in [0, 0.05) is 12.5 Å². The van der Waals surface area contributed by atoms with Crippen LogP contribution in [0.4, 0.5) is 0 Å². The summed E-state index contributed by atoms with van der Waals surface area (Å²) in [7, 11) is -3.93. The smallest absolute Gasteiger partial charge is 0.264 e. The number of carbonyl (C=O) groups excluding carboxylic acids is 2. The number of aryl methyl sites for hydroxylation is 2. The van der Waals surface area contributed by atoms with E-state index in [1.165, 1.54) is 10.5 Å². The summed E-state index contributed by atoms with van der Waals surface area (Å²) < 4.78 is 27.3. The molecule has 1 N–H and O–H groups in total. The number of amides is 2. The Kier molecular flexibility index (Phi) is 4.86. The third-order valence-corrected chi connectivity index (χ3v) is 6.29. The van der Waals surface area contributed by atoms with E-state index in [0.717, 1.165) is 24.8 Å². The lowest BCUT2D eigenvalue weighted by molar-refractivity contribution is -0.140. The molecule has 1 aliphatic heterocycles. The summed E-state index contributed by atoms with van der Waals surface area (Å²) in [4.78, 5) is 26.4. The quantitative estimate of drug-likeness (QED) is 0.880. The molecule has 7 heteroatoms. The van der Waals surface area contributed by atoms with Crippen molar-refractivity contribution in [2.75, 3.05) is 6.54 Å². The van der Waals surface area contributed by atoms with Gasteiger partial charge >= 0.3 is 0 Å². The average Bonchev–Trinajstić information content (AvgIpc) is 3.21. The lowest BCUT2D eigenvalue weighted by Gasteiger charge is -2.25.